The van der Waals surface area contributed by atoms with Crippen LogP contribution in [0.5, 0.6) is 0 Å². The highest BCUT2D eigenvalue weighted by molar-refractivity contribution is 6.30. The largest absolute Gasteiger partial charge is 0.441 e. The number of amides is 1. The SMILES string of the molecule is CC1(CCN)CN(Cc2cccc(Cl)c2)C(=O)O1. The number of carbonyl (C=O) groups is 1. The van der Waals surface area contributed by atoms with E-state index < -0.39 is 5.60 Å². The molecule has 0 bridgehead atoms. The quantitative estimate of drug-likeness (QED) is 0.912. The van der Waals surface area contributed by atoms with Gasteiger partial charge in [0, 0.05) is 18.0 Å². The van der Waals surface area contributed by atoms with Crippen LogP contribution in [0.3, 0.4) is 0 Å². The number of ether oxygens (including phenoxy) is 1. The maximum atomic E-state index is 11.8. The Balaban J connectivity index is 2.05. The Morgan fingerprint density at radius 1 is 1.56 bits per heavy atom. The Morgan fingerprint density at radius 2 is 2.33 bits per heavy atom. The van der Waals surface area contributed by atoms with Crippen molar-refractivity contribution < 1.29 is 9.53 Å². The summed E-state index contributed by atoms with van der Waals surface area (Å²) in [4.78, 5) is 13.5. The van der Waals surface area contributed by atoms with Gasteiger partial charge in [-0.1, -0.05) is 23.7 Å². The zero-order valence-corrected chi connectivity index (χ0v) is 11.1. The molecule has 0 spiro atoms. The Kier molecular flexibility index (Phi) is 3.78. The molecule has 1 amide bonds. The molecule has 4 nitrogen and oxygen atoms in total. The molecule has 1 atom stereocenters. The maximum Gasteiger partial charge on any atom is 0.410 e. The van der Waals surface area contributed by atoms with Crippen molar-refractivity contribution in [3.8, 4) is 0 Å². The lowest BCUT2D eigenvalue weighted by Gasteiger charge is -2.20. The van der Waals surface area contributed by atoms with Crippen molar-refractivity contribution in [2.45, 2.75) is 25.5 Å². The highest BCUT2D eigenvalue weighted by atomic mass is 35.5. The summed E-state index contributed by atoms with van der Waals surface area (Å²) in [6.07, 6.45) is 0.385. The number of benzene rings is 1. The summed E-state index contributed by atoms with van der Waals surface area (Å²) < 4.78 is 5.38. The normalized spacial score (nSPS) is 23.3. The molecule has 0 saturated carbocycles. The molecule has 0 radical (unpaired) electrons. The van der Waals surface area contributed by atoms with Crippen molar-refractivity contribution in [1.29, 1.82) is 0 Å². The number of hydrogen-bond donors (Lipinski definition) is 1. The summed E-state index contributed by atoms with van der Waals surface area (Å²) in [6.45, 7) is 3.50. The number of hydrogen-bond acceptors (Lipinski definition) is 3. The molecule has 5 heteroatoms. The second-order valence-electron chi connectivity index (χ2n) is 4.84. The number of carbonyl (C=O) groups excluding carboxylic acids is 1. The van der Waals surface area contributed by atoms with Crippen LogP contribution in [0.15, 0.2) is 24.3 Å². The van der Waals surface area contributed by atoms with Crippen LogP contribution in [-0.2, 0) is 11.3 Å². The van der Waals surface area contributed by atoms with E-state index >= 15 is 0 Å². The lowest BCUT2D eigenvalue weighted by atomic mass is 10.0. The first-order valence-corrected chi connectivity index (χ1v) is 6.33. The van der Waals surface area contributed by atoms with Crippen LogP contribution in [0.1, 0.15) is 18.9 Å². The number of halogens is 1. The molecule has 1 aromatic rings. The van der Waals surface area contributed by atoms with E-state index in [0.717, 1.165) is 5.56 Å². The zero-order valence-electron chi connectivity index (χ0n) is 10.4. The van der Waals surface area contributed by atoms with E-state index in [4.69, 9.17) is 22.1 Å². The van der Waals surface area contributed by atoms with E-state index in [-0.39, 0.29) is 6.09 Å². The lowest BCUT2D eigenvalue weighted by Crippen LogP contribution is -2.33. The van der Waals surface area contributed by atoms with Crippen LogP contribution in [0.4, 0.5) is 4.79 Å². The average Bonchev–Trinajstić information content (AvgIpc) is 2.54. The average molecular weight is 269 g/mol. The van der Waals surface area contributed by atoms with E-state index in [1.165, 1.54) is 0 Å². The molecule has 2 rings (SSSR count). The fraction of sp³-hybridized carbons (Fsp3) is 0.462. The van der Waals surface area contributed by atoms with Crippen molar-refractivity contribution in [3.05, 3.63) is 34.9 Å². The topological polar surface area (TPSA) is 55.6 Å². The molecule has 1 saturated heterocycles. The summed E-state index contributed by atoms with van der Waals surface area (Å²) >= 11 is 5.92. The van der Waals surface area contributed by atoms with Gasteiger partial charge in [-0.2, -0.15) is 0 Å². The first kappa shape index (κ1) is 13.2. The minimum atomic E-state index is -0.468. The summed E-state index contributed by atoms with van der Waals surface area (Å²) in [5.74, 6) is 0. The molecular weight excluding hydrogens is 252 g/mol. The predicted octanol–water partition coefficient (Wildman–Crippen LogP) is 2.40. The molecular formula is C13H17ClN2O2. The van der Waals surface area contributed by atoms with Gasteiger partial charge < -0.3 is 10.5 Å². The second kappa shape index (κ2) is 5.16. The molecule has 18 heavy (non-hydrogen) atoms. The van der Waals surface area contributed by atoms with Crippen LogP contribution >= 0.6 is 11.6 Å². The highest BCUT2D eigenvalue weighted by Crippen LogP contribution is 2.27. The van der Waals surface area contributed by atoms with Crippen molar-refractivity contribution in [1.82, 2.24) is 4.90 Å². The van der Waals surface area contributed by atoms with E-state index in [2.05, 4.69) is 0 Å². The third-order valence-corrected chi connectivity index (χ3v) is 3.29. The fourth-order valence-electron chi connectivity index (χ4n) is 2.19. The Labute approximate surface area is 112 Å². The Hall–Kier alpha value is -1.26. The smallest absolute Gasteiger partial charge is 0.410 e. The molecule has 1 fully saturated rings. The van der Waals surface area contributed by atoms with E-state index in [9.17, 15) is 4.79 Å². The molecule has 98 valence electrons. The molecule has 1 aliphatic heterocycles. The molecule has 2 N–H and O–H groups in total. The van der Waals surface area contributed by atoms with Crippen molar-refractivity contribution in [3.63, 3.8) is 0 Å². The molecule has 1 unspecified atom stereocenters. The van der Waals surface area contributed by atoms with Gasteiger partial charge in [-0.05, 0) is 31.2 Å². The standard InChI is InChI=1S/C13H17ClN2O2/c1-13(5-6-15)9-16(12(17)18-13)8-10-3-2-4-11(14)7-10/h2-4,7H,5-6,8-9,15H2,1H3. The van der Waals surface area contributed by atoms with Crippen LogP contribution < -0.4 is 5.73 Å². The van der Waals surface area contributed by atoms with Crippen molar-refractivity contribution in [2.24, 2.45) is 5.73 Å². The van der Waals surface area contributed by atoms with Gasteiger partial charge in [0.25, 0.3) is 0 Å². The highest BCUT2D eigenvalue weighted by Gasteiger charge is 2.40. The number of cyclic esters (lactones) is 1. The monoisotopic (exact) mass is 268 g/mol. The van der Waals surface area contributed by atoms with Gasteiger partial charge in [0.05, 0.1) is 6.54 Å². The number of nitrogens with zero attached hydrogens (tertiary/aromatic N) is 1. The summed E-state index contributed by atoms with van der Waals surface area (Å²) in [7, 11) is 0. The second-order valence-corrected chi connectivity index (χ2v) is 5.28. The summed E-state index contributed by atoms with van der Waals surface area (Å²) in [5, 5.41) is 0.671. The van der Waals surface area contributed by atoms with Gasteiger partial charge in [0.15, 0.2) is 0 Å². The van der Waals surface area contributed by atoms with Gasteiger partial charge >= 0.3 is 6.09 Å². The van der Waals surface area contributed by atoms with Gasteiger partial charge in [-0.15, -0.1) is 0 Å². The van der Waals surface area contributed by atoms with Crippen LogP contribution in [0.2, 0.25) is 5.02 Å². The van der Waals surface area contributed by atoms with Crippen molar-refractivity contribution >= 4 is 17.7 Å². The molecule has 0 aliphatic carbocycles. The van der Waals surface area contributed by atoms with E-state index in [1.54, 1.807) is 4.90 Å². The minimum Gasteiger partial charge on any atom is -0.441 e. The van der Waals surface area contributed by atoms with Crippen molar-refractivity contribution in [2.75, 3.05) is 13.1 Å². The zero-order chi connectivity index (χ0) is 13.2. The number of nitrogens with two attached hydrogens (primary N) is 1. The molecule has 1 aromatic carbocycles. The van der Waals surface area contributed by atoms with Crippen LogP contribution in [0, 0.1) is 0 Å². The summed E-state index contributed by atoms with van der Waals surface area (Å²) in [5.41, 5.74) is 6.06. The van der Waals surface area contributed by atoms with E-state index in [1.807, 2.05) is 31.2 Å². The number of rotatable bonds is 4. The predicted molar refractivity (Wildman–Crippen MR) is 70.4 cm³/mol. The maximum absolute atomic E-state index is 11.8. The van der Waals surface area contributed by atoms with Gasteiger partial charge in [-0.3, -0.25) is 4.90 Å². The van der Waals surface area contributed by atoms with E-state index in [0.29, 0.717) is 31.1 Å². The van der Waals surface area contributed by atoms with Gasteiger partial charge in [0.2, 0.25) is 0 Å². The molecule has 1 heterocycles. The summed E-state index contributed by atoms with van der Waals surface area (Å²) in [6, 6.07) is 7.48. The third-order valence-electron chi connectivity index (χ3n) is 3.05. The van der Waals surface area contributed by atoms with Gasteiger partial charge in [0.1, 0.15) is 5.60 Å². The lowest BCUT2D eigenvalue weighted by molar-refractivity contribution is 0.0669. The van der Waals surface area contributed by atoms with Gasteiger partial charge in [-0.25, -0.2) is 4.79 Å². The third kappa shape index (κ3) is 2.94. The minimum absolute atomic E-state index is 0.286. The van der Waals surface area contributed by atoms with Crippen LogP contribution in [-0.4, -0.2) is 29.7 Å². The fourth-order valence-corrected chi connectivity index (χ4v) is 2.40. The molecule has 1 aliphatic rings. The first-order chi connectivity index (χ1) is 8.52. The first-order valence-electron chi connectivity index (χ1n) is 5.95. The Bertz CT molecular complexity index is 452. The molecule has 0 aromatic heterocycles. The Morgan fingerprint density at radius 3 is 3.00 bits per heavy atom. The van der Waals surface area contributed by atoms with Crippen LogP contribution in [0.25, 0.3) is 0 Å².